The zero-order valence-electron chi connectivity index (χ0n) is 19.4. The molecule has 1 aromatic rings. The number of halogens is 1. The second-order valence-corrected chi connectivity index (χ2v) is 10.3. The zero-order chi connectivity index (χ0) is 23.2. The molecule has 0 saturated carbocycles. The van der Waals surface area contributed by atoms with Crippen molar-refractivity contribution in [1.82, 2.24) is 10.2 Å². The zero-order valence-corrected chi connectivity index (χ0v) is 20.1. The minimum Gasteiger partial charge on any atom is -0.444 e. The van der Waals surface area contributed by atoms with E-state index in [9.17, 15) is 9.59 Å². The summed E-state index contributed by atoms with van der Waals surface area (Å²) < 4.78 is 16.8. The summed E-state index contributed by atoms with van der Waals surface area (Å²) in [6, 6.07) is 7.53. The smallest absolute Gasteiger partial charge is 0.411 e. The number of hydrogen-bond donors (Lipinski definition) is 1. The van der Waals surface area contributed by atoms with Crippen LogP contribution < -0.4 is 5.32 Å². The number of carbonyl (C=O) groups excluding carboxylic acids is 2. The van der Waals surface area contributed by atoms with Gasteiger partial charge in [-0.05, 0) is 78.0 Å². The first-order chi connectivity index (χ1) is 14.3. The molecular formula is C23H35ClN2O5. The minimum absolute atomic E-state index is 0.186. The number of nitrogens with zero attached hydrogens (tertiary/aromatic N) is 1. The van der Waals surface area contributed by atoms with E-state index in [0.29, 0.717) is 31.2 Å². The van der Waals surface area contributed by atoms with Gasteiger partial charge in [-0.3, -0.25) is 4.90 Å². The monoisotopic (exact) mass is 454 g/mol. The number of nitrogens with one attached hydrogen (secondary N) is 1. The Bertz CT molecular complexity index is 740. The molecule has 1 fully saturated rings. The molecule has 174 valence electrons. The largest absolute Gasteiger partial charge is 0.444 e. The maximum atomic E-state index is 12.7. The van der Waals surface area contributed by atoms with E-state index in [1.807, 2.05) is 45.0 Å². The Morgan fingerprint density at radius 3 is 2.26 bits per heavy atom. The molecule has 2 atom stereocenters. The number of carbonyl (C=O) groups is 2. The second kappa shape index (κ2) is 10.6. The number of benzene rings is 1. The van der Waals surface area contributed by atoms with Crippen molar-refractivity contribution in [3.8, 4) is 0 Å². The fourth-order valence-corrected chi connectivity index (χ4v) is 3.36. The molecule has 31 heavy (non-hydrogen) atoms. The van der Waals surface area contributed by atoms with Crippen molar-refractivity contribution >= 4 is 23.8 Å². The normalized spacial score (nSPS) is 19.6. The van der Waals surface area contributed by atoms with Gasteiger partial charge in [0.1, 0.15) is 17.4 Å². The van der Waals surface area contributed by atoms with E-state index in [1.165, 1.54) is 0 Å². The topological polar surface area (TPSA) is 77.1 Å². The van der Waals surface area contributed by atoms with E-state index in [1.54, 1.807) is 25.7 Å². The second-order valence-electron chi connectivity index (χ2n) is 9.87. The Morgan fingerprint density at radius 1 is 1.06 bits per heavy atom. The molecule has 0 radical (unpaired) electrons. The molecule has 1 heterocycles. The Labute approximate surface area is 190 Å². The van der Waals surface area contributed by atoms with Crippen LogP contribution in [0, 0.1) is 5.92 Å². The van der Waals surface area contributed by atoms with Crippen LogP contribution in [0.5, 0.6) is 0 Å². The van der Waals surface area contributed by atoms with Gasteiger partial charge in [0.25, 0.3) is 0 Å². The molecular weight excluding hydrogens is 420 g/mol. The van der Waals surface area contributed by atoms with Gasteiger partial charge in [-0.1, -0.05) is 23.7 Å². The standard InChI is InChI=1S/C23H35ClN2O5/c1-22(2,3)30-20(27)25-19-13-17(11-12-26(19)21(28)31-23(4,5)6)15-29-14-16-7-9-18(24)10-8-16/h7-10,17,19H,11-15H2,1-6H3,(H,25,27). The first-order valence-electron chi connectivity index (χ1n) is 10.6. The summed E-state index contributed by atoms with van der Waals surface area (Å²) in [5, 5.41) is 3.52. The van der Waals surface area contributed by atoms with Crippen LogP contribution in [0.1, 0.15) is 59.9 Å². The molecule has 1 N–H and O–H groups in total. The maximum absolute atomic E-state index is 12.7. The van der Waals surface area contributed by atoms with Crippen LogP contribution in [0.3, 0.4) is 0 Å². The van der Waals surface area contributed by atoms with E-state index in [2.05, 4.69) is 5.32 Å². The molecule has 1 saturated heterocycles. The van der Waals surface area contributed by atoms with Crippen molar-refractivity contribution in [2.24, 2.45) is 5.92 Å². The highest BCUT2D eigenvalue weighted by molar-refractivity contribution is 6.30. The van der Waals surface area contributed by atoms with Crippen molar-refractivity contribution in [3.05, 3.63) is 34.9 Å². The molecule has 0 bridgehead atoms. The molecule has 7 nitrogen and oxygen atoms in total. The Morgan fingerprint density at radius 2 is 1.68 bits per heavy atom. The summed E-state index contributed by atoms with van der Waals surface area (Å²) in [6.45, 7) is 12.3. The number of hydrogen-bond acceptors (Lipinski definition) is 5. The van der Waals surface area contributed by atoms with Gasteiger partial charge in [0.2, 0.25) is 0 Å². The van der Waals surface area contributed by atoms with Crippen molar-refractivity contribution in [3.63, 3.8) is 0 Å². The number of amides is 2. The molecule has 0 spiro atoms. The van der Waals surface area contributed by atoms with Crippen molar-refractivity contribution in [2.45, 2.75) is 78.4 Å². The Hall–Kier alpha value is -1.99. The number of rotatable bonds is 5. The van der Waals surface area contributed by atoms with Gasteiger partial charge >= 0.3 is 12.2 Å². The van der Waals surface area contributed by atoms with Crippen LogP contribution in [0.25, 0.3) is 0 Å². The summed E-state index contributed by atoms with van der Waals surface area (Å²) >= 11 is 5.92. The maximum Gasteiger partial charge on any atom is 0.411 e. The van der Waals surface area contributed by atoms with Crippen LogP contribution in [0.2, 0.25) is 5.02 Å². The number of alkyl carbamates (subject to hydrolysis) is 1. The first-order valence-corrected chi connectivity index (χ1v) is 11.0. The van der Waals surface area contributed by atoms with Crippen molar-refractivity contribution < 1.29 is 23.8 Å². The molecule has 8 heteroatoms. The lowest BCUT2D eigenvalue weighted by Gasteiger charge is -2.40. The molecule has 2 rings (SSSR count). The van der Waals surface area contributed by atoms with Crippen LogP contribution in [-0.4, -0.2) is 47.6 Å². The summed E-state index contributed by atoms with van der Waals surface area (Å²) in [5.41, 5.74) is -0.207. The predicted octanol–water partition coefficient (Wildman–Crippen LogP) is 5.35. The third kappa shape index (κ3) is 9.35. The lowest BCUT2D eigenvalue weighted by atomic mass is 9.95. The molecule has 0 aromatic heterocycles. The molecule has 1 aliphatic heterocycles. The van der Waals surface area contributed by atoms with Gasteiger partial charge in [-0.15, -0.1) is 0 Å². The molecule has 2 amide bonds. The van der Waals surface area contributed by atoms with Gasteiger partial charge in [-0.25, -0.2) is 9.59 Å². The minimum atomic E-state index is -0.628. The summed E-state index contributed by atoms with van der Waals surface area (Å²) in [6.07, 6.45) is -0.226. The summed E-state index contributed by atoms with van der Waals surface area (Å²) in [5.74, 6) is 0.186. The van der Waals surface area contributed by atoms with Gasteiger partial charge in [0, 0.05) is 11.6 Å². The van der Waals surface area contributed by atoms with E-state index in [0.717, 1.165) is 12.0 Å². The Kier molecular flexibility index (Phi) is 8.60. The van der Waals surface area contributed by atoms with Crippen LogP contribution in [0.4, 0.5) is 9.59 Å². The molecule has 0 aliphatic carbocycles. The van der Waals surface area contributed by atoms with Crippen LogP contribution in [-0.2, 0) is 20.8 Å². The van der Waals surface area contributed by atoms with Crippen molar-refractivity contribution in [1.29, 1.82) is 0 Å². The average molecular weight is 455 g/mol. The van der Waals surface area contributed by atoms with E-state index in [-0.39, 0.29) is 5.92 Å². The highest BCUT2D eigenvalue weighted by Gasteiger charge is 2.36. The number of ether oxygens (including phenoxy) is 3. The highest BCUT2D eigenvalue weighted by Crippen LogP contribution is 2.25. The van der Waals surface area contributed by atoms with E-state index < -0.39 is 29.6 Å². The molecule has 1 aromatic carbocycles. The average Bonchev–Trinajstić information content (AvgIpc) is 2.60. The van der Waals surface area contributed by atoms with Crippen LogP contribution >= 0.6 is 11.6 Å². The van der Waals surface area contributed by atoms with E-state index in [4.69, 9.17) is 25.8 Å². The first kappa shape index (κ1) is 25.3. The predicted molar refractivity (Wildman–Crippen MR) is 120 cm³/mol. The number of likely N-dealkylation sites (tertiary alicyclic amines) is 1. The quantitative estimate of drug-likeness (QED) is 0.648. The fraction of sp³-hybridized carbons (Fsp3) is 0.652. The lowest BCUT2D eigenvalue weighted by Crippen LogP contribution is -2.56. The third-order valence-corrected chi connectivity index (χ3v) is 4.81. The summed E-state index contributed by atoms with van der Waals surface area (Å²) in [7, 11) is 0. The third-order valence-electron chi connectivity index (χ3n) is 4.56. The van der Waals surface area contributed by atoms with Gasteiger partial charge in [0.15, 0.2) is 0 Å². The van der Waals surface area contributed by atoms with Crippen molar-refractivity contribution in [2.75, 3.05) is 13.2 Å². The van der Waals surface area contributed by atoms with Gasteiger partial charge < -0.3 is 19.5 Å². The fourth-order valence-electron chi connectivity index (χ4n) is 3.23. The highest BCUT2D eigenvalue weighted by atomic mass is 35.5. The lowest BCUT2D eigenvalue weighted by molar-refractivity contribution is -0.0149. The Balaban J connectivity index is 1.97. The summed E-state index contributed by atoms with van der Waals surface area (Å²) in [4.78, 5) is 26.6. The molecule has 1 aliphatic rings. The SMILES string of the molecule is CC(C)(C)OC(=O)NC1CC(COCc2ccc(Cl)cc2)CCN1C(=O)OC(C)(C)C. The van der Waals surface area contributed by atoms with Gasteiger partial charge in [-0.2, -0.15) is 0 Å². The van der Waals surface area contributed by atoms with E-state index >= 15 is 0 Å². The number of piperidine rings is 1. The van der Waals surface area contributed by atoms with Gasteiger partial charge in [0.05, 0.1) is 13.2 Å². The van der Waals surface area contributed by atoms with Crippen LogP contribution in [0.15, 0.2) is 24.3 Å². The molecule has 2 unspecified atom stereocenters.